The van der Waals surface area contributed by atoms with Gasteiger partial charge in [-0.3, -0.25) is 9.48 Å². The lowest BCUT2D eigenvalue weighted by Gasteiger charge is -2.22. The Balaban J connectivity index is 1.87. The number of likely N-dealkylation sites (N-methyl/N-ethyl adjacent to an activating group) is 1. The van der Waals surface area contributed by atoms with Gasteiger partial charge in [-0.05, 0) is 43.8 Å². The van der Waals surface area contributed by atoms with Crippen molar-refractivity contribution in [1.29, 1.82) is 0 Å². The molecule has 1 N–H and O–H groups in total. The second kappa shape index (κ2) is 8.85. The van der Waals surface area contributed by atoms with Crippen molar-refractivity contribution in [2.24, 2.45) is 7.05 Å². The van der Waals surface area contributed by atoms with Gasteiger partial charge in [0.1, 0.15) is 0 Å². The average Bonchev–Trinajstić information content (AvgIpc) is 2.95. The zero-order valence-corrected chi connectivity index (χ0v) is 15.3. The number of hydrogen-bond acceptors (Lipinski definition) is 3. The number of halogens is 1. The minimum absolute atomic E-state index is 0.0663. The number of hydrogen-bond donors (Lipinski definition) is 1. The molecule has 1 atom stereocenters. The topological polar surface area (TPSA) is 50.2 Å². The molecule has 1 aromatic carbocycles. The molecule has 0 saturated heterocycles. The van der Waals surface area contributed by atoms with Crippen LogP contribution in [0, 0.1) is 0 Å². The van der Waals surface area contributed by atoms with E-state index in [9.17, 15) is 4.79 Å². The molecule has 0 fully saturated rings. The summed E-state index contributed by atoms with van der Waals surface area (Å²) in [6, 6.07) is 7.84. The Hall–Kier alpha value is -1.85. The van der Waals surface area contributed by atoms with Crippen LogP contribution in [-0.4, -0.2) is 47.8 Å². The molecule has 0 saturated carbocycles. The number of nitrogens with one attached hydrogen (secondary N) is 1. The van der Waals surface area contributed by atoms with Gasteiger partial charge in [-0.15, -0.1) is 0 Å². The van der Waals surface area contributed by atoms with Gasteiger partial charge in [0, 0.05) is 43.7 Å². The molecular weight excluding hydrogens is 324 g/mol. The van der Waals surface area contributed by atoms with Gasteiger partial charge in [0.2, 0.25) is 5.91 Å². The number of carbonyl (C=O) groups excluding carboxylic acids is 1. The van der Waals surface area contributed by atoms with Gasteiger partial charge in [0.15, 0.2) is 0 Å². The quantitative estimate of drug-likeness (QED) is 0.797. The normalized spacial score (nSPS) is 12.4. The lowest BCUT2D eigenvalue weighted by molar-refractivity contribution is -0.121. The largest absolute Gasteiger partial charge is 0.355 e. The van der Waals surface area contributed by atoms with Gasteiger partial charge in [-0.1, -0.05) is 23.7 Å². The number of amides is 1. The van der Waals surface area contributed by atoms with Gasteiger partial charge in [-0.2, -0.15) is 5.10 Å². The summed E-state index contributed by atoms with van der Waals surface area (Å²) in [5, 5.41) is 7.89. The van der Waals surface area contributed by atoms with E-state index in [1.54, 1.807) is 10.9 Å². The fourth-order valence-electron chi connectivity index (χ4n) is 2.65. The van der Waals surface area contributed by atoms with E-state index in [1.165, 1.54) is 5.56 Å². The summed E-state index contributed by atoms with van der Waals surface area (Å²) >= 11 is 5.96. The summed E-state index contributed by atoms with van der Waals surface area (Å²) < 4.78 is 1.75. The van der Waals surface area contributed by atoms with Crippen LogP contribution in [0.15, 0.2) is 36.7 Å². The van der Waals surface area contributed by atoms with Crippen molar-refractivity contribution in [3.05, 3.63) is 52.8 Å². The molecule has 0 radical (unpaired) electrons. The third-order valence-electron chi connectivity index (χ3n) is 3.87. The van der Waals surface area contributed by atoms with Crippen molar-refractivity contribution in [2.75, 3.05) is 27.2 Å². The predicted molar refractivity (Wildman–Crippen MR) is 97.3 cm³/mol. The smallest absolute Gasteiger partial charge is 0.220 e. The third kappa shape index (κ3) is 5.98. The van der Waals surface area contributed by atoms with Crippen molar-refractivity contribution in [3.8, 4) is 0 Å². The molecule has 1 unspecified atom stereocenters. The van der Waals surface area contributed by atoms with Crippen molar-refractivity contribution in [3.63, 3.8) is 0 Å². The number of aromatic nitrogens is 2. The summed E-state index contributed by atoms with van der Waals surface area (Å²) in [5.41, 5.74) is 2.26. The highest BCUT2D eigenvalue weighted by molar-refractivity contribution is 6.30. The lowest BCUT2D eigenvalue weighted by Crippen LogP contribution is -2.33. The number of aryl methyl sites for hydroxylation is 2. The van der Waals surface area contributed by atoms with Crippen molar-refractivity contribution in [2.45, 2.75) is 18.8 Å². The molecule has 5 nitrogen and oxygen atoms in total. The molecule has 1 amide bonds. The summed E-state index contributed by atoms with van der Waals surface area (Å²) in [6.07, 6.45) is 4.92. The van der Waals surface area contributed by atoms with Crippen LogP contribution in [-0.2, 0) is 18.3 Å². The van der Waals surface area contributed by atoms with Crippen LogP contribution in [0.3, 0.4) is 0 Å². The number of nitrogens with zero attached hydrogens (tertiary/aromatic N) is 3. The fraction of sp³-hybridized carbons (Fsp3) is 0.444. The molecule has 130 valence electrons. The second-order valence-corrected chi connectivity index (χ2v) is 6.77. The molecule has 2 aromatic rings. The van der Waals surface area contributed by atoms with Gasteiger partial charge >= 0.3 is 0 Å². The van der Waals surface area contributed by atoms with E-state index in [-0.39, 0.29) is 11.8 Å². The summed E-state index contributed by atoms with van der Waals surface area (Å²) in [5.74, 6) is 0.302. The first kappa shape index (κ1) is 18.5. The van der Waals surface area contributed by atoms with Crippen LogP contribution in [0.1, 0.15) is 23.5 Å². The minimum Gasteiger partial charge on any atom is -0.355 e. The van der Waals surface area contributed by atoms with E-state index in [2.05, 4.69) is 15.3 Å². The fourth-order valence-corrected chi connectivity index (χ4v) is 2.77. The highest BCUT2D eigenvalue weighted by Gasteiger charge is 2.14. The van der Waals surface area contributed by atoms with Gasteiger partial charge in [0.05, 0.1) is 6.20 Å². The van der Waals surface area contributed by atoms with Crippen molar-refractivity contribution in [1.82, 2.24) is 20.0 Å². The molecule has 0 spiro atoms. The van der Waals surface area contributed by atoms with E-state index in [0.29, 0.717) is 19.4 Å². The standard InChI is InChI=1S/C18H25ClN4O/c1-22(2)13-16(15-5-7-17(19)8-6-15)11-20-18(24)9-4-14-10-21-23(3)12-14/h5-8,10,12,16H,4,9,11,13H2,1-3H3,(H,20,24). The zero-order chi connectivity index (χ0) is 17.5. The second-order valence-electron chi connectivity index (χ2n) is 6.34. The maximum absolute atomic E-state index is 12.1. The van der Waals surface area contributed by atoms with Crippen molar-refractivity contribution < 1.29 is 4.79 Å². The summed E-state index contributed by atoms with van der Waals surface area (Å²) in [4.78, 5) is 14.3. The molecule has 2 rings (SSSR count). The van der Waals surface area contributed by atoms with E-state index in [0.717, 1.165) is 17.1 Å². The Bertz CT molecular complexity index is 651. The Morgan fingerprint density at radius 1 is 1.33 bits per heavy atom. The molecule has 0 aliphatic carbocycles. The molecule has 0 aliphatic heterocycles. The van der Waals surface area contributed by atoms with Crippen LogP contribution in [0.5, 0.6) is 0 Å². The van der Waals surface area contributed by atoms with Crippen LogP contribution >= 0.6 is 11.6 Å². The molecule has 0 bridgehead atoms. The van der Waals surface area contributed by atoms with Gasteiger partial charge in [0.25, 0.3) is 0 Å². The van der Waals surface area contributed by atoms with E-state index >= 15 is 0 Å². The van der Waals surface area contributed by atoms with E-state index in [1.807, 2.05) is 51.6 Å². The molecule has 1 heterocycles. The summed E-state index contributed by atoms with van der Waals surface area (Å²) in [7, 11) is 5.95. The molecule has 24 heavy (non-hydrogen) atoms. The number of rotatable bonds is 8. The molecular formula is C18H25ClN4O. The number of benzene rings is 1. The first-order chi connectivity index (χ1) is 11.4. The predicted octanol–water partition coefficient (Wildman–Crippen LogP) is 2.47. The van der Waals surface area contributed by atoms with Crippen LogP contribution in [0.4, 0.5) is 0 Å². The monoisotopic (exact) mass is 348 g/mol. The lowest BCUT2D eigenvalue weighted by atomic mass is 9.98. The maximum Gasteiger partial charge on any atom is 0.220 e. The SMILES string of the molecule is CN(C)CC(CNC(=O)CCc1cnn(C)c1)c1ccc(Cl)cc1. The third-order valence-corrected chi connectivity index (χ3v) is 4.12. The van der Waals surface area contributed by atoms with Gasteiger partial charge in [-0.25, -0.2) is 0 Å². The van der Waals surface area contributed by atoms with E-state index in [4.69, 9.17) is 11.6 Å². The Morgan fingerprint density at radius 2 is 2.04 bits per heavy atom. The average molecular weight is 349 g/mol. The van der Waals surface area contributed by atoms with Gasteiger partial charge < -0.3 is 10.2 Å². The molecule has 1 aromatic heterocycles. The Labute approximate surface area is 148 Å². The zero-order valence-electron chi connectivity index (χ0n) is 14.5. The molecule has 6 heteroatoms. The Morgan fingerprint density at radius 3 is 2.62 bits per heavy atom. The first-order valence-corrected chi connectivity index (χ1v) is 8.46. The van der Waals surface area contributed by atoms with Crippen LogP contribution in [0.2, 0.25) is 5.02 Å². The summed E-state index contributed by atoms with van der Waals surface area (Å²) in [6.45, 7) is 1.48. The first-order valence-electron chi connectivity index (χ1n) is 8.08. The van der Waals surface area contributed by atoms with Crippen LogP contribution in [0.25, 0.3) is 0 Å². The highest BCUT2D eigenvalue weighted by atomic mass is 35.5. The van der Waals surface area contributed by atoms with Crippen molar-refractivity contribution >= 4 is 17.5 Å². The number of carbonyl (C=O) groups is 1. The highest BCUT2D eigenvalue weighted by Crippen LogP contribution is 2.19. The maximum atomic E-state index is 12.1. The minimum atomic E-state index is 0.0663. The van der Waals surface area contributed by atoms with E-state index < -0.39 is 0 Å². The molecule has 0 aliphatic rings. The Kier molecular flexibility index (Phi) is 6.82. The van der Waals surface area contributed by atoms with Crippen LogP contribution < -0.4 is 5.32 Å².